The number of nitro groups is 1. The van der Waals surface area contributed by atoms with Gasteiger partial charge in [-0.3, -0.25) is 10.1 Å². The van der Waals surface area contributed by atoms with E-state index in [9.17, 15) is 18.5 Å². The van der Waals surface area contributed by atoms with E-state index in [1.807, 2.05) is 6.92 Å². The zero-order chi connectivity index (χ0) is 16.8. The first kappa shape index (κ1) is 16.4. The molecule has 2 saturated carbocycles. The lowest BCUT2D eigenvalue weighted by molar-refractivity contribution is -0.385. The number of nitrogens with one attached hydrogen (secondary N) is 1. The van der Waals surface area contributed by atoms with E-state index < -0.39 is 14.9 Å². The molecule has 23 heavy (non-hydrogen) atoms. The van der Waals surface area contributed by atoms with Crippen LogP contribution in [0, 0.1) is 34.8 Å². The van der Waals surface area contributed by atoms with Crippen LogP contribution in [0.3, 0.4) is 0 Å². The molecule has 0 aromatic heterocycles. The molecule has 0 unspecified atom stereocenters. The minimum Gasteiger partial charge on any atom is -0.258 e. The van der Waals surface area contributed by atoms with Gasteiger partial charge in [-0.1, -0.05) is 12.5 Å². The van der Waals surface area contributed by atoms with Crippen LogP contribution in [-0.4, -0.2) is 19.4 Å². The number of nitrogens with zero attached hydrogens (tertiary/aromatic N) is 1. The minimum absolute atomic E-state index is 0.00158. The van der Waals surface area contributed by atoms with Crippen LogP contribution < -0.4 is 4.72 Å². The average Bonchev–Trinajstić information content (AvgIpc) is 3.09. The molecule has 0 spiro atoms. The van der Waals surface area contributed by atoms with E-state index in [0.29, 0.717) is 17.4 Å². The molecule has 0 amide bonds. The highest BCUT2D eigenvalue weighted by Gasteiger charge is 2.42. The Morgan fingerprint density at radius 1 is 1.30 bits per heavy atom. The molecular formula is C16H22N2O4S. The summed E-state index contributed by atoms with van der Waals surface area (Å²) in [6.07, 6.45) is 4.76. The third kappa shape index (κ3) is 3.12. The number of sulfonamides is 1. The quantitative estimate of drug-likeness (QED) is 0.660. The van der Waals surface area contributed by atoms with Gasteiger partial charge in [0.15, 0.2) is 0 Å². The van der Waals surface area contributed by atoms with Gasteiger partial charge in [0.1, 0.15) is 0 Å². The van der Waals surface area contributed by atoms with Crippen molar-refractivity contribution in [2.75, 3.05) is 0 Å². The van der Waals surface area contributed by atoms with Crippen LogP contribution in [0.5, 0.6) is 0 Å². The molecule has 0 saturated heterocycles. The van der Waals surface area contributed by atoms with Crippen LogP contribution in [-0.2, 0) is 10.0 Å². The fourth-order valence-corrected chi connectivity index (χ4v) is 5.85. The maximum absolute atomic E-state index is 12.7. The van der Waals surface area contributed by atoms with Crippen molar-refractivity contribution in [2.45, 2.75) is 50.5 Å². The molecule has 2 aliphatic carbocycles. The fraction of sp³-hybridized carbons (Fsp3) is 0.625. The molecule has 0 radical (unpaired) electrons. The Balaban J connectivity index is 1.81. The van der Waals surface area contributed by atoms with Crippen molar-refractivity contribution < 1.29 is 13.3 Å². The molecule has 2 bridgehead atoms. The Bertz CT molecular complexity index is 732. The Hall–Kier alpha value is -1.47. The van der Waals surface area contributed by atoms with Crippen molar-refractivity contribution in [3.63, 3.8) is 0 Å². The zero-order valence-corrected chi connectivity index (χ0v) is 14.2. The Labute approximate surface area is 136 Å². The van der Waals surface area contributed by atoms with E-state index >= 15 is 0 Å². The summed E-state index contributed by atoms with van der Waals surface area (Å²) in [5.41, 5.74) is 0.312. The molecule has 0 aliphatic heterocycles. The van der Waals surface area contributed by atoms with Crippen LogP contribution in [0.2, 0.25) is 0 Å². The van der Waals surface area contributed by atoms with Crippen molar-refractivity contribution in [3.05, 3.63) is 33.9 Å². The predicted octanol–water partition coefficient (Wildman–Crippen LogP) is 3.01. The molecule has 1 N–H and O–H groups in total. The third-order valence-electron chi connectivity index (χ3n) is 5.45. The van der Waals surface area contributed by atoms with Crippen LogP contribution in [0.4, 0.5) is 5.69 Å². The summed E-state index contributed by atoms with van der Waals surface area (Å²) >= 11 is 0. The number of aryl methyl sites for hydroxylation is 1. The van der Waals surface area contributed by atoms with E-state index in [1.54, 1.807) is 6.92 Å². The first-order valence-electron chi connectivity index (χ1n) is 8.05. The van der Waals surface area contributed by atoms with E-state index in [1.165, 1.54) is 31.4 Å². The van der Waals surface area contributed by atoms with Gasteiger partial charge in [-0.25, -0.2) is 13.1 Å². The summed E-state index contributed by atoms with van der Waals surface area (Å²) in [6.45, 7) is 3.57. The summed E-state index contributed by atoms with van der Waals surface area (Å²) in [5, 5.41) is 10.9. The van der Waals surface area contributed by atoms with Gasteiger partial charge in [0.2, 0.25) is 10.0 Å². The number of rotatable bonds is 5. The van der Waals surface area contributed by atoms with Gasteiger partial charge in [0.05, 0.1) is 9.82 Å². The van der Waals surface area contributed by atoms with Gasteiger partial charge in [-0.05, 0) is 56.4 Å². The highest BCUT2D eigenvalue weighted by Crippen LogP contribution is 2.49. The second kappa shape index (κ2) is 5.87. The SMILES string of the molecule is Cc1ccc([N+](=O)[O-])cc1S(=O)(=O)N[C@@H](C)[C@@H]1C[C@H]2CC[C@H]1C2. The fourth-order valence-electron chi connectivity index (χ4n) is 4.29. The molecule has 126 valence electrons. The Morgan fingerprint density at radius 2 is 2.04 bits per heavy atom. The molecule has 2 fully saturated rings. The van der Waals surface area contributed by atoms with Gasteiger partial charge in [-0.15, -0.1) is 0 Å². The molecule has 1 aromatic carbocycles. The van der Waals surface area contributed by atoms with E-state index in [0.717, 1.165) is 18.4 Å². The maximum atomic E-state index is 12.7. The lowest BCUT2D eigenvalue weighted by Gasteiger charge is -2.28. The smallest absolute Gasteiger partial charge is 0.258 e. The van der Waals surface area contributed by atoms with Crippen molar-refractivity contribution in [3.8, 4) is 0 Å². The largest absolute Gasteiger partial charge is 0.270 e. The summed E-state index contributed by atoms with van der Waals surface area (Å²) in [7, 11) is -3.75. The number of hydrogen-bond acceptors (Lipinski definition) is 4. The number of hydrogen-bond donors (Lipinski definition) is 1. The standard InChI is InChI=1S/C16H22N2O4S/c1-10-3-6-14(18(19)20)9-16(10)23(21,22)17-11(2)15-8-12-4-5-13(15)7-12/h3,6,9,11-13,15,17H,4-5,7-8H2,1-2H3/t11-,12-,13-,15-/m0/s1. The highest BCUT2D eigenvalue weighted by atomic mass is 32.2. The van der Waals surface area contributed by atoms with Crippen molar-refractivity contribution in [2.24, 2.45) is 17.8 Å². The topological polar surface area (TPSA) is 89.3 Å². The number of non-ortho nitro benzene ring substituents is 1. The first-order chi connectivity index (χ1) is 10.8. The minimum atomic E-state index is -3.75. The third-order valence-corrected chi connectivity index (χ3v) is 7.15. The summed E-state index contributed by atoms with van der Waals surface area (Å²) in [5.74, 6) is 1.74. The van der Waals surface area contributed by atoms with E-state index in [2.05, 4.69) is 4.72 Å². The second-order valence-corrected chi connectivity index (χ2v) is 8.64. The zero-order valence-electron chi connectivity index (χ0n) is 13.4. The normalized spacial score (nSPS) is 28.0. The first-order valence-corrected chi connectivity index (χ1v) is 9.53. The van der Waals surface area contributed by atoms with Crippen LogP contribution >= 0.6 is 0 Å². The monoisotopic (exact) mass is 338 g/mol. The molecule has 7 heteroatoms. The van der Waals surface area contributed by atoms with Gasteiger partial charge in [0, 0.05) is 18.2 Å². The summed E-state index contributed by atoms with van der Waals surface area (Å²) < 4.78 is 28.1. The van der Waals surface area contributed by atoms with Crippen molar-refractivity contribution in [1.29, 1.82) is 0 Å². The molecule has 3 rings (SSSR count). The maximum Gasteiger partial charge on any atom is 0.270 e. The van der Waals surface area contributed by atoms with Crippen molar-refractivity contribution >= 4 is 15.7 Å². The second-order valence-electron chi connectivity index (χ2n) is 6.96. The average molecular weight is 338 g/mol. The molecule has 2 aliphatic rings. The lowest BCUT2D eigenvalue weighted by atomic mass is 9.84. The summed E-state index contributed by atoms with van der Waals surface area (Å²) in [4.78, 5) is 10.3. The number of fused-ring (bicyclic) bond motifs is 2. The van der Waals surface area contributed by atoms with Gasteiger partial charge < -0.3 is 0 Å². The van der Waals surface area contributed by atoms with Crippen molar-refractivity contribution in [1.82, 2.24) is 4.72 Å². The Kier molecular flexibility index (Phi) is 4.18. The van der Waals surface area contributed by atoms with Crippen LogP contribution in [0.1, 0.15) is 38.2 Å². The van der Waals surface area contributed by atoms with Gasteiger partial charge >= 0.3 is 0 Å². The number of nitro benzene ring substituents is 1. The summed E-state index contributed by atoms with van der Waals surface area (Å²) in [6, 6.07) is 3.81. The van der Waals surface area contributed by atoms with Gasteiger partial charge in [-0.2, -0.15) is 0 Å². The number of benzene rings is 1. The molecule has 1 aromatic rings. The predicted molar refractivity (Wildman–Crippen MR) is 86.6 cm³/mol. The van der Waals surface area contributed by atoms with E-state index in [-0.39, 0.29) is 16.6 Å². The van der Waals surface area contributed by atoms with E-state index in [4.69, 9.17) is 0 Å². The Morgan fingerprint density at radius 3 is 2.61 bits per heavy atom. The molecule has 6 nitrogen and oxygen atoms in total. The van der Waals surface area contributed by atoms with Crippen LogP contribution in [0.25, 0.3) is 0 Å². The molecule has 0 heterocycles. The van der Waals surface area contributed by atoms with Gasteiger partial charge in [0.25, 0.3) is 5.69 Å². The molecular weight excluding hydrogens is 316 g/mol. The highest BCUT2D eigenvalue weighted by molar-refractivity contribution is 7.89. The lowest BCUT2D eigenvalue weighted by Crippen LogP contribution is -2.40. The van der Waals surface area contributed by atoms with Crippen LogP contribution in [0.15, 0.2) is 23.1 Å². The molecule has 4 atom stereocenters.